The van der Waals surface area contributed by atoms with E-state index >= 15 is 0 Å². The molecule has 1 fully saturated rings. The number of thioether (sulfide) groups is 1. The second-order valence-corrected chi connectivity index (χ2v) is 8.40. The quantitative estimate of drug-likeness (QED) is 0.535. The molecule has 6 nitrogen and oxygen atoms in total. The average molecular weight is 423 g/mol. The average Bonchev–Trinajstić information content (AvgIpc) is 3.43. The number of hydrogen-bond donors (Lipinski definition) is 0. The number of aryl methyl sites for hydroxylation is 2. The number of para-hydroxylation sites is 2. The fraction of sp³-hybridized carbons (Fsp3) is 0.348. The van der Waals surface area contributed by atoms with Crippen molar-refractivity contribution in [2.75, 3.05) is 18.8 Å². The largest absolute Gasteiger partial charge is 0.485 e. The van der Waals surface area contributed by atoms with E-state index in [9.17, 15) is 4.79 Å². The number of amides is 1. The van der Waals surface area contributed by atoms with E-state index in [2.05, 4.69) is 10.2 Å². The molecule has 1 aromatic heterocycles. The van der Waals surface area contributed by atoms with E-state index in [-0.39, 0.29) is 5.91 Å². The van der Waals surface area contributed by atoms with Crippen molar-refractivity contribution in [1.82, 2.24) is 19.7 Å². The van der Waals surface area contributed by atoms with Gasteiger partial charge in [0.05, 0.1) is 5.75 Å². The minimum absolute atomic E-state index is 0.161. The van der Waals surface area contributed by atoms with E-state index in [1.54, 1.807) is 0 Å². The van der Waals surface area contributed by atoms with Crippen LogP contribution in [0.4, 0.5) is 0 Å². The van der Waals surface area contributed by atoms with Gasteiger partial charge in [-0.3, -0.25) is 9.36 Å². The van der Waals surface area contributed by atoms with Crippen LogP contribution in [0.25, 0.3) is 5.69 Å². The van der Waals surface area contributed by atoms with Crippen LogP contribution in [0.15, 0.2) is 53.7 Å². The first-order chi connectivity index (χ1) is 14.6. The number of nitrogens with zero attached hydrogens (tertiary/aromatic N) is 4. The monoisotopic (exact) mass is 422 g/mol. The van der Waals surface area contributed by atoms with Crippen LogP contribution in [-0.2, 0) is 11.4 Å². The van der Waals surface area contributed by atoms with Crippen LogP contribution in [0, 0.1) is 13.8 Å². The molecule has 0 bridgehead atoms. The molecule has 1 aliphatic rings. The molecule has 1 saturated heterocycles. The van der Waals surface area contributed by atoms with Crippen LogP contribution in [0.5, 0.6) is 5.75 Å². The van der Waals surface area contributed by atoms with Gasteiger partial charge in [0.2, 0.25) is 5.91 Å². The lowest BCUT2D eigenvalue weighted by molar-refractivity contribution is -0.127. The summed E-state index contributed by atoms with van der Waals surface area (Å²) in [5, 5.41) is 9.46. The van der Waals surface area contributed by atoms with Gasteiger partial charge < -0.3 is 9.64 Å². The Morgan fingerprint density at radius 3 is 2.40 bits per heavy atom. The van der Waals surface area contributed by atoms with E-state index in [0.717, 1.165) is 48.5 Å². The van der Waals surface area contributed by atoms with Gasteiger partial charge in [-0.05, 0) is 49.9 Å². The van der Waals surface area contributed by atoms with E-state index < -0.39 is 0 Å². The number of ether oxygens (including phenoxy) is 1. The Kier molecular flexibility index (Phi) is 6.38. The number of benzene rings is 2. The molecule has 0 N–H and O–H groups in total. The Balaban J connectivity index is 1.55. The number of carbonyl (C=O) groups excluding carboxylic acids is 1. The fourth-order valence-electron chi connectivity index (χ4n) is 3.67. The Morgan fingerprint density at radius 1 is 1.00 bits per heavy atom. The van der Waals surface area contributed by atoms with Crippen molar-refractivity contribution in [2.45, 2.75) is 38.5 Å². The molecule has 0 saturated carbocycles. The predicted molar refractivity (Wildman–Crippen MR) is 118 cm³/mol. The lowest BCUT2D eigenvalue weighted by Gasteiger charge is -2.15. The molecule has 0 aliphatic carbocycles. The standard InChI is InChI=1S/C23H26N4O2S/c1-17-9-8-10-18(2)22(17)29-15-20-24-25-23(27(20)19-11-4-3-5-12-19)30-16-21(28)26-13-6-7-14-26/h3-5,8-12H,6-7,13-16H2,1-2H3. The second kappa shape index (κ2) is 9.34. The van der Waals surface area contributed by atoms with Crippen LogP contribution in [0.2, 0.25) is 0 Å². The highest BCUT2D eigenvalue weighted by Crippen LogP contribution is 2.26. The maximum absolute atomic E-state index is 12.5. The molecule has 0 atom stereocenters. The first-order valence-corrected chi connectivity index (χ1v) is 11.2. The Morgan fingerprint density at radius 2 is 1.70 bits per heavy atom. The zero-order valence-corrected chi connectivity index (χ0v) is 18.2. The normalized spacial score (nSPS) is 13.6. The highest BCUT2D eigenvalue weighted by molar-refractivity contribution is 7.99. The van der Waals surface area contributed by atoms with Gasteiger partial charge in [0, 0.05) is 18.8 Å². The van der Waals surface area contributed by atoms with Gasteiger partial charge in [0.15, 0.2) is 11.0 Å². The highest BCUT2D eigenvalue weighted by atomic mass is 32.2. The molecule has 0 radical (unpaired) electrons. The summed E-state index contributed by atoms with van der Waals surface area (Å²) in [5.41, 5.74) is 3.14. The van der Waals surface area contributed by atoms with Crippen LogP contribution in [0.3, 0.4) is 0 Å². The molecular weight excluding hydrogens is 396 g/mol. The molecule has 2 aromatic carbocycles. The molecule has 1 amide bonds. The van der Waals surface area contributed by atoms with Crippen LogP contribution < -0.4 is 4.74 Å². The third-order valence-electron chi connectivity index (χ3n) is 5.25. The molecule has 7 heteroatoms. The van der Waals surface area contributed by atoms with Crippen molar-refractivity contribution in [3.8, 4) is 11.4 Å². The molecule has 0 spiro atoms. The van der Waals surface area contributed by atoms with Gasteiger partial charge in [0.1, 0.15) is 12.4 Å². The number of hydrogen-bond acceptors (Lipinski definition) is 5. The number of aromatic nitrogens is 3. The highest BCUT2D eigenvalue weighted by Gasteiger charge is 2.21. The first kappa shape index (κ1) is 20.5. The van der Waals surface area contributed by atoms with Gasteiger partial charge in [-0.15, -0.1) is 10.2 Å². The molecule has 0 unspecified atom stereocenters. The van der Waals surface area contributed by atoms with Gasteiger partial charge in [-0.25, -0.2) is 0 Å². The molecule has 2 heterocycles. The summed E-state index contributed by atoms with van der Waals surface area (Å²) in [4.78, 5) is 14.4. The number of carbonyl (C=O) groups is 1. The summed E-state index contributed by atoms with van der Waals surface area (Å²) in [6, 6.07) is 16.1. The van der Waals surface area contributed by atoms with Crippen molar-refractivity contribution in [3.05, 3.63) is 65.5 Å². The number of rotatable bonds is 7. The summed E-state index contributed by atoms with van der Waals surface area (Å²) < 4.78 is 8.11. The maximum atomic E-state index is 12.5. The first-order valence-electron chi connectivity index (χ1n) is 10.2. The SMILES string of the molecule is Cc1cccc(C)c1OCc1nnc(SCC(=O)N2CCCC2)n1-c1ccccc1. The van der Waals surface area contributed by atoms with Gasteiger partial charge in [-0.2, -0.15) is 0 Å². The summed E-state index contributed by atoms with van der Waals surface area (Å²) in [6.07, 6.45) is 2.19. The van der Waals surface area contributed by atoms with Gasteiger partial charge in [0.25, 0.3) is 0 Å². The summed E-state index contributed by atoms with van der Waals surface area (Å²) >= 11 is 1.43. The Labute approximate surface area is 181 Å². The summed E-state index contributed by atoms with van der Waals surface area (Å²) in [7, 11) is 0. The van der Waals surface area contributed by atoms with E-state index in [1.165, 1.54) is 11.8 Å². The minimum atomic E-state index is 0.161. The third-order valence-corrected chi connectivity index (χ3v) is 6.17. The molecular formula is C23H26N4O2S. The van der Waals surface area contributed by atoms with Crippen LogP contribution in [0.1, 0.15) is 29.8 Å². The Hall–Kier alpha value is -2.80. The molecule has 4 rings (SSSR count). The molecule has 1 aliphatic heterocycles. The van der Waals surface area contributed by atoms with Crippen molar-refractivity contribution >= 4 is 17.7 Å². The van der Waals surface area contributed by atoms with Crippen molar-refractivity contribution in [1.29, 1.82) is 0 Å². The van der Waals surface area contributed by atoms with E-state index in [4.69, 9.17) is 4.74 Å². The zero-order valence-electron chi connectivity index (χ0n) is 17.4. The topological polar surface area (TPSA) is 60.3 Å². The molecule has 30 heavy (non-hydrogen) atoms. The van der Waals surface area contributed by atoms with Crippen LogP contribution >= 0.6 is 11.8 Å². The third kappa shape index (κ3) is 4.51. The zero-order chi connectivity index (χ0) is 20.9. The molecule has 3 aromatic rings. The summed E-state index contributed by atoms with van der Waals surface area (Å²) in [6.45, 7) is 6.10. The van der Waals surface area contributed by atoms with Crippen molar-refractivity contribution in [3.63, 3.8) is 0 Å². The lowest BCUT2D eigenvalue weighted by atomic mass is 10.1. The van der Waals surface area contributed by atoms with Crippen molar-refractivity contribution in [2.24, 2.45) is 0 Å². The predicted octanol–water partition coefficient (Wildman–Crippen LogP) is 4.18. The van der Waals surface area contributed by atoms with Crippen LogP contribution in [-0.4, -0.2) is 44.4 Å². The smallest absolute Gasteiger partial charge is 0.233 e. The minimum Gasteiger partial charge on any atom is -0.485 e. The lowest BCUT2D eigenvalue weighted by Crippen LogP contribution is -2.29. The number of likely N-dealkylation sites (tertiary alicyclic amines) is 1. The molecule has 156 valence electrons. The maximum Gasteiger partial charge on any atom is 0.233 e. The fourth-order valence-corrected chi connectivity index (χ4v) is 4.54. The second-order valence-electron chi connectivity index (χ2n) is 7.46. The summed E-state index contributed by atoms with van der Waals surface area (Å²) in [5.74, 6) is 2.11. The van der Waals surface area contributed by atoms with Gasteiger partial charge >= 0.3 is 0 Å². The Bertz CT molecular complexity index is 993. The van der Waals surface area contributed by atoms with Gasteiger partial charge in [-0.1, -0.05) is 48.2 Å². The van der Waals surface area contributed by atoms with E-state index in [1.807, 2.05) is 71.8 Å². The van der Waals surface area contributed by atoms with E-state index in [0.29, 0.717) is 23.3 Å². The van der Waals surface area contributed by atoms with Crippen molar-refractivity contribution < 1.29 is 9.53 Å².